The molecule has 3 rings (SSSR count). The highest BCUT2D eigenvalue weighted by Crippen LogP contribution is 2.17. The van der Waals surface area contributed by atoms with E-state index < -0.39 is 0 Å². The van der Waals surface area contributed by atoms with Gasteiger partial charge in [-0.15, -0.1) is 0 Å². The van der Waals surface area contributed by atoms with Crippen LogP contribution in [0, 0.1) is 6.92 Å². The molecule has 2 aromatic carbocycles. The van der Waals surface area contributed by atoms with E-state index in [9.17, 15) is 4.79 Å². The summed E-state index contributed by atoms with van der Waals surface area (Å²) >= 11 is 0. The van der Waals surface area contributed by atoms with Gasteiger partial charge in [-0.1, -0.05) is 30.3 Å². The second-order valence-electron chi connectivity index (χ2n) is 4.79. The third-order valence-electron chi connectivity index (χ3n) is 3.09. The Morgan fingerprint density at radius 3 is 2.81 bits per heavy atom. The second-order valence-corrected chi connectivity index (χ2v) is 4.79. The molecule has 1 aromatic heterocycles. The van der Waals surface area contributed by atoms with Crippen LogP contribution in [0.1, 0.15) is 11.4 Å². The standard InChI is InChI=1S/C17H15N3O/c1-12-18-15-9-8-14(11-16(15)19-12)20-17(21)10-7-13-5-3-2-4-6-13/h2-11H,1H3,(H,18,19)(H,20,21). The molecule has 3 aromatic rings. The third kappa shape index (κ3) is 3.17. The van der Waals surface area contributed by atoms with E-state index in [0.29, 0.717) is 0 Å². The van der Waals surface area contributed by atoms with E-state index in [-0.39, 0.29) is 5.91 Å². The van der Waals surface area contributed by atoms with E-state index in [4.69, 9.17) is 0 Å². The molecular weight excluding hydrogens is 262 g/mol. The normalized spacial score (nSPS) is 11.1. The molecule has 4 heteroatoms. The smallest absolute Gasteiger partial charge is 0.248 e. The molecule has 0 fully saturated rings. The van der Waals surface area contributed by atoms with Crippen molar-refractivity contribution in [2.45, 2.75) is 6.92 Å². The van der Waals surface area contributed by atoms with E-state index >= 15 is 0 Å². The van der Waals surface area contributed by atoms with Gasteiger partial charge in [0.25, 0.3) is 0 Å². The lowest BCUT2D eigenvalue weighted by Crippen LogP contribution is -2.07. The monoisotopic (exact) mass is 277 g/mol. The number of nitrogens with zero attached hydrogens (tertiary/aromatic N) is 1. The summed E-state index contributed by atoms with van der Waals surface area (Å²) in [5.74, 6) is 0.701. The fourth-order valence-electron chi connectivity index (χ4n) is 2.13. The van der Waals surface area contributed by atoms with Crippen LogP contribution in [0.15, 0.2) is 54.6 Å². The summed E-state index contributed by atoms with van der Waals surface area (Å²) in [4.78, 5) is 19.4. The van der Waals surface area contributed by atoms with Crippen LogP contribution in [0.4, 0.5) is 5.69 Å². The number of benzene rings is 2. The molecule has 1 heterocycles. The molecule has 0 unspecified atom stereocenters. The fourth-order valence-corrected chi connectivity index (χ4v) is 2.13. The van der Waals surface area contributed by atoms with Crippen molar-refractivity contribution in [3.63, 3.8) is 0 Å². The van der Waals surface area contributed by atoms with Crippen molar-refractivity contribution < 1.29 is 4.79 Å². The molecule has 4 nitrogen and oxygen atoms in total. The average Bonchev–Trinajstić information content (AvgIpc) is 2.85. The molecule has 104 valence electrons. The predicted molar refractivity (Wildman–Crippen MR) is 84.9 cm³/mol. The average molecular weight is 277 g/mol. The zero-order chi connectivity index (χ0) is 14.7. The van der Waals surface area contributed by atoms with E-state index in [1.807, 2.05) is 55.5 Å². The number of anilines is 1. The summed E-state index contributed by atoms with van der Waals surface area (Å²) in [5.41, 5.74) is 3.55. The van der Waals surface area contributed by atoms with Crippen LogP contribution in [0.25, 0.3) is 17.1 Å². The zero-order valence-corrected chi connectivity index (χ0v) is 11.6. The molecule has 0 aliphatic rings. The number of nitrogens with one attached hydrogen (secondary N) is 2. The predicted octanol–water partition coefficient (Wildman–Crippen LogP) is 3.52. The van der Waals surface area contributed by atoms with Gasteiger partial charge in [0.2, 0.25) is 5.91 Å². The van der Waals surface area contributed by atoms with Gasteiger partial charge >= 0.3 is 0 Å². The van der Waals surface area contributed by atoms with Crippen molar-refractivity contribution in [1.82, 2.24) is 9.97 Å². The first kappa shape index (κ1) is 13.1. The fraction of sp³-hybridized carbons (Fsp3) is 0.0588. The SMILES string of the molecule is Cc1nc2ccc(NC(=O)C=Cc3ccccc3)cc2[nH]1. The lowest BCUT2D eigenvalue weighted by molar-refractivity contribution is -0.111. The number of hydrogen-bond acceptors (Lipinski definition) is 2. The molecular formula is C17H15N3O. The summed E-state index contributed by atoms with van der Waals surface area (Å²) < 4.78 is 0. The van der Waals surface area contributed by atoms with Crippen molar-refractivity contribution in [3.8, 4) is 0 Å². The number of carbonyl (C=O) groups is 1. The lowest BCUT2D eigenvalue weighted by Gasteiger charge is -2.01. The van der Waals surface area contributed by atoms with Crippen molar-refractivity contribution in [2.24, 2.45) is 0 Å². The number of aromatic nitrogens is 2. The van der Waals surface area contributed by atoms with Crippen LogP contribution in [0.2, 0.25) is 0 Å². The summed E-state index contributed by atoms with van der Waals surface area (Å²) in [6.45, 7) is 1.90. The highest BCUT2D eigenvalue weighted by molar-refractivity contribution is 6.02. The van der Waals surface area contributed by atoms with Gasteiger partial charge in [-0.05, 0) is 36.8 Å². The van der Waals surface area contributed by atoms with Crippen LogP contribution >= 0.6 is 0 Å². The maximum atomic E-state index is 11.9. The molecule has 0 radical (unpaired) electrons. The van der Waals surface area contributed by atoms with Crippen LogP contribution in [-0.2, 0) is 4.79 Å². The van der Waals surface area contributed by atoms with Crippen LogP contribution in [-0.4, -0.2) is 15.9 Å². The number of aryl methyl sites for hydroxylation is 1. The van der Waals surface area contributed by atoms with Gasteiger partial charge in [0.05, 0.1) is 11.0 Å². The van der Waals surface area contributed by atoms with Gasteiger partial charge < -0.3 is 10.3 Å². The molecule has 0 bridgehead atoms. The van der Waals surface area contributed by atoms with E-state index in [0.717, 1.165) is 28.1 Å². The van der Waals surface area contributed by atoms with Crippen LogP contribution in [0.5, 0.6) is 0 Å². The van der Waals surface area contributed by atoms with Crippen LogP contribution in [0.3, 0.4) is 0 Å². The van der Waals surface area contributed by atoms with Gasteiger partial charge in [0.15, 0.2) is 0 Å². The van der Waals surface area contributed by atoms with Crippen molar-refractivity contribution in [2.75, 3.05) is 5.32 Å². The first-order chi connectivity index (χ1) is 10.2. The summed E-state index contributed by atoms with van der Waals surface area (Å²) in [7, 11) is 0. The first-order valence-corrected chi connectivity index (χ1v) is 6.71. The molecule has 0 aliphatic heterocycles. The Kier molecular flexibility index (Phi) is 3.51. The number of amides is 1. The molecule has 0 saturated carbocycles. The lowest BCUT2D eigenvalue weighted by atomic mass is 10.2. The van der Waals surface area contributed by atoms with Gasteiger partial charge in [-0.25, -0.2) is 4.98 Å². The van der Waals surface area contributed by atoms with Gasteiger partial charge in [0.1, 0.15) is 5.82 Å². The number of rotatable bonds is 3. The third-order valence-corrected chi connectivity index (χ3v) is 3.09. The minimum absolute atomic E-state index is 0.158. The van der Waals surface area contributed by atoms with E-state index in [1.165, 1.54) is 6.08 Å². The second kappa shape index (κ2) is 5.63. The molecule has 0 saturated heterocycles. The summed E-state index contributed by atoms with van der Waals surface area (Å²) in [5, 5.41) is 2.84. The quantitative estimate of drug-likeness (QED) is 0.720. The summed E-state index contributed by atoms with van der Waals surface area (Å²) in [6, 6.07) is 15.3. The first-order valence-electron chi connectivity index (χ1n) is 6.71. The minimum atomic E-state index is -0.158. The van der Waals surface area contributed by atoms with Crippen LogP contribution < -0.4 is 5.32 Å². The Labute approximate surface area is 122 Å². The van der Waals surface area contributed by atoms with Crippen molar-refractivity contribution in [1.29, 1.82) is 0 Å². The number of imidazole rings is 1. The maximum absolute atomic E-state index is 11.9. The van der Waals surface area contributed by atoms with Crippen molar-refractivity contribution in [3.05, 3.63) is 66.0 Å². The molecule has 0 spiro atoms. The Bertz CT molecular complexity index is 803. The van der Waals surface area contributed by atoms with Gasteiger partial charge in [-0.3, -0.25) is 4.79 Å². The number of H-pyrrole nitrogens is 1. The highest BCUT2D eigenvalue weighted by Gasteiger charge is 2.02. The van der Waals surface area contributed by atoms with E-state index in [2.05, 4.69) is 15.3 Å². The summed E-state index contributed by atoms with van der Waals surface area (Å²) in [6.07, 6.45) is 3.31. The number of aromatic amines is 1. The highest BCUT2D eigenvalue weighted by atomic mass is 16.1. The molecule has 2 N–H and O–H groups in total. The molecule has 21 heavy (non-hydrogen) atoms. The maximum Gasteiger partial charge on any atom is 0.248 e. The van der Waals surface area contributed by atoms with Gasteiger partial charge in [-0.2, -0.15) is 0 Å². The Morgan fingerprint density at radius 1 is 1.19 bits per heavy atom. The molecule has 1 amide bonds. The zero-order valence-electron chi connectivity index (χ0n) is 11.6. The number of hydrogen-bond donors (Lipinski definition) is 2. The number of carbonyl (C=O) groups excluding carboxylic acids is 1. The van der Waals surface area contributed by atoms with Crippen molar-refractivity contribution >= 4 is 28.7 Å². The topological polar surface area (TPSA) is 57.8 Å². The number of fused-ring (bicyclic) bond motifs is 1. The Hall–Kier alpha value is -2.88. The van der Waals surface area contributed by atoms with E-state index in [1.54, 1.807) is 6.08 Å². The Morgan fingerprint density at radius 2 is 2.00 bits per heavy atom. The minimum Gasteiger partial charge on any atom is -0.342 e. The largest absolute Gasteiger partial charge is 0.342 e. The molecule has 0 aliphatic carbocycles. The van der Waals surface area contributed by atoms with Gasteiger partial charge in [0, 0.05) is 11.8 Å². The molecule has 0 atom stereocenters. The Balaban J connectivity index is 1.72.